The van der Waals surface area contributed by atoms with Gasteiger partial charge >= 0.3 is 0 Å². The summed E-state index contributed by atoms with van der Waals surface area (Å²) in [5, 5.41) is 0. The van der Waals surface area contributed by atoms with Gasteiger partial charge in [-0.3, -0.25) is 9.59 Å². The Kier molecular flexibility index (Phi) is 5.53. The molecule has 4 unspecified atom stereocenters. The molecule has 1 saturated heterocycles. The van der Waals surface area contributed by atoms with Crippen LogP contribution in [0.4, 0.5) is 0 Å². The maximum atomic E-state index is 12.6. The van der Waals surface area contributed by atoms with Crippen molar-refractivity contribution in [3.8, 4) is 0 Å². The molecule has 0 saturated carbocycles. The Labute approximate surface area is 143 Å². The Morgan fingerprint density at radius 2 is 2.09 bits per heavy atom. The van der Waals surface area contributed by atoms with E-state index in [0.29, 0.717) is 19.0 Å². The van der Waals surface area contributed by atoms with E-state index in [-0.39, 0.29) is 35.7 Å². The number of likely N-dealkylation sites (tertiary alicyclic amines) is 1. The number of rotatable bonds is 3. The third-order valence-electron chi connectivity index (χ3n) is 5.33. The van der Waals surface area contributed by atoms with Crippen LogP contribution in [0.25, 0.3) is 0 Å². The third-order valence-corrected chi connectivity index (χ3v) is 5.33. The second kappa shape index (κ2) is 7.05. The van der Waals surface area contributed by atoms with E-state index in [0.717, 1.165) is 25.1 Å². The molecule has 6 heteroatoms. The van der Waals surface area contributed by atoms with Crippen LogP contribution in [0.3, 0.4) is 0 Å². The summed E-state index contributed by atoms with van der Waals surface area (Å²) in [6, 6.07) is 5.04. The number of pyridine rings is 1. The van der Waals surface area contributed by atoms with Gasteiger partial charge in [-0.05, 0) is 24.3 Å². The van der Waals surface area contributed by atoms with Gasteiger partial charge in [-0.2, -0.15) is 0 Å². The van der Waals surface area contributed by atoms with Gasteiger partial charge in [0.1, 0.15) is 0 Å². The first-order valence-corrected chi connectivity index (χ1v) is 8.25. The minimum atomic E-state index is -0.415. The molecule has 1 aromatic heterocycles. The van der Waals surface area contributed by atoms with Crippen molar-refractivity contribution in [2.45, 2.75) is 45.2 Å². The van der Waals surface area contributed by atoms with Crippen molar-refractivity contribution in [2.24, 2.45) is 17.6 Å². The molecule has 0 aliphatic carbocycles. The van der Waals surface area contributed by atoms with Crippen molar-refractivity contribution in [3.05, 3.63) is 34.2 Å². The lowest BCUT2D eigenvalue weighted by Gasteiger charge is -2.43. The number of hydrogen-bond acceptors (Lipinski definition) is 3. The van der Waals surface area contributed by atoms with E-state index in [1.54, 1.807) is 6.07 Å². The molecule has 2 aliphatic rings. The van der Waals surface area contributed by atoms with Gasteiger partial charge in [0.05, 0.1) is 6.04 Å². The molecule has 5 nitrogen and oxygen atoms in total. The summed E-state index contributed by atoms with van der Waals surface area (Å²) in [4.78, 5) is 26.6. The van der Waals surface area contributed by atoms with Gasteiger partial charge in [0.15, 0.2) is 0 Å². The maximum absolute atomic E-state index is 12.6. The van der Waals surface area contributed by atoms with Gasteiger partial charge in [-0.25, -0.2) is 0 Å². The van der Waals surface area contributed by atoms with Gasteiger partial charge in [0.2, 0.25) is 5.91 Å². The number of piperidine rings is 1. The standard InChI is InChI=1S/C17H25N3O2.ClH/c1-3-11(2)16(18)17(22)19-8-12-7-13(10-19)14-5-4-6-15(21)20(14)9-12;/h4-6,11-13,16H,3,7-10,18H2,1-2H3;1H. The van der Waals surface area contributed by atoms with Crippen molar-refractivity contribution in [1.29, 1.82) is 0 Å². The third kappa shape index (κ3) is 3.31. The first-order valence-electron chi connectivity index (χ1n) is 8.25. The molecule has 1 amide bonds. The van der Waals surface area contributed by atoms with Crippen molar-refractivity contribution in [2.75, 3.05) is 13.1 Å². The highest BCUT2D eigenvalue weighted by molar-refractivity contribution is 5.85. The zero-order valence-electron chi connectivity index (χ0n) is 13.8. The van der Waals surface area contributed by atoms with E-state index < -0.39 is 6.04 Å². The van der Waals surface area contributed by atoms with E-state index in [4.69, 9.17) is 5.73 Å². The van der Waals surface area contributed by atoms with Crippen LogP contribution in [0.1, 0.15) is 38.3 Å². The Balaban J connectivity index is 0.00000192. The van der Waals surface area contributed by atoms with Crippen molar-refractivity contribution in [1.82, 2.24) is 9.47 Å². The number of aromatic nitrogens is 1. The summed E-state index contributed by atoms with van der Waals surface area (Å²) >= 11 is 0. The fourth-order valence-electron chi connectivity index (χ4n) is 3.78. The largest absolute Gasteiger partial charge is 0.340 e. The van der Waals surface area contributed by atoms with Crippen LogP contribution < -0.4 is 11.3 Å². The number of nitrogens with zero attached hydrogens (tertiary/aromatic N) is 2. The van der Waals surface area contributed by atoms with Gasteiger partial charge in [-0.15, -0.1) is 12.4 Å². The van der Waals surface area contributed by atoms with E-state index in [1.807, 2.05) is 28.5 Å². The summed E-state index contributed by atoms with van der Waals surface area (Å²) < 4.78 is 1.88. The minimum absolute atomic E-state index is 0. The molecular formula is C17H26ClN3O2. The topological polar surface area (TPSA) is 68.3 Å². The number of hydrogen-bond donors (Lipinski definition) is 1. The number of halogens is 1. The zero-order valence-corrected chi connectivity index (χ0v) is 14.6. The van der Waals surface area contributed by atoms with Crippen LogP contribution in [0, 0.1) is 11.8 Å². The van der Waals surface area contributed by atoms with Crippen LogP contribution in [0.15, 0.2) is 23.0 Å². The average Bonchev–Trinajstić information content (AvgIpc) is 2.53. The molecule has 4 atom stereocenters. The average molecular weight is 340 g/mol. The van der Waals surface area contributed by atoms with Crippen LogP contribution in [-0.4, -0.2) is 34.5 Å². The Morgan fingerprint density at radius 1 is 1.35 bits per heavy atom. The Morgan fingerprint density at radius 3 is 2.78 bits per heavy atom. The maximum Gasteiger partial charge on any atom is 0.250 e. The fourth-order valence-corrected chi connectivity index (χ4v) is 3.78. The van der Waals surface area contributed by atoms with E-state index >= 15 is 0 Å². The fraction of sp³-hybridized carbons (Fsp3) is 0.647. The quantitative estimate of drug-likeness (QED) is 0.909. The minimum Gasteiger partial charge on any atom is -0.340 e. The summed E-state index contributed by atoms with van der Waals surface area (Å²) in [6.07, 6.45) is 1.97. The molecular weight excluding hydrogens is 314 g/mol. The van der Waals surface area contributed by atoms with Crippen molar-refractivity contribution >= 4 is 18.3 Å². The number of nitrogens with two attached hydrogens (primary N) is 1. The molecule has 23 heavy (non-hydrogen) atoms. The summed E-state index contributed by atoms with van der Waals surface area (Å²) in [7, 11) is 0. The highest BCUT2D eigenvalue weighted by atomic mass is 35.5. The molecule has 2 bridgehead atoms. The van der Waals surface area contributed by atoms with Crippen LogP contribution in [-0.2, 0) is 11.3 Å². The van der Waals surface area contributed by atoms with Crippen LogP contribution >= 0.6 is 12.4 Å². The summed E-state index contributed by atoms with van der Waals surface area (Å²) in [5.41, 5.74) is 7.27. The zero-order chi connectivity index (χ0) is 15.9. The highest BCUT2D eigenvalue weighted by Gasteiger charge is 2.37. The second-order valence-corrected chi connectivity index (χ2v) is 6.85. The molecule has 0 aromatic carbocycles. The first-order chi connectivity index (χ1) is 10.5. The van der Waals surface area contributed by atoms with Gasteiger partial charge in [0, 0.05) is 37.3 Å². The Bertz CT molecular complexity index is 631. The Hall–Kier alpha value is -1.33. The number of carbonyl (C=O) groups is 1. The van der Waals surface area contributed by atoms with E-state index in [1.165, 1.54) is 0 Å². The van der Waals surface area contributed by atoms with Crippen molar-refractivity contribution < 1.29 is 4.79 Å². The normalized spacial score (nSPS) is 25.1. The molecule has 0 spiro atoms. The van der Waals surface area contributed by atoms with Gasteiger partial charge in [0.25, 0.3) is 5.56 Å². The van der Waals surface area contributed by atoms with E-state index in [9.17, 15) is 9.59 Å². The number of amides is 1. The second-order valence-electron chi connectivity index (χ2n) is 6.85. The smallest absolute Gasteiger partial charge is 0.250 e. The van der Waals surface area contributed by atoms with Crippen LogP contribution in [0.5, 0.6) is 0 Å². The lowest BCUT2D eigenvalue weighted by molar-refractivity contribution is -0.136. The molecule has 2 aliphatic heterocycles. The van der Waals surface area contributed by atoms with Gasteiger partial charge in [-0.1, -0.05) is 26.3 Å². The first kappa shape index (κ1) is 18.0. The van der Waals surface area contributed by atoms with Gasteiger partial charge < -0.3 is 15.2 Å². The van der Waals surface area contributed by atoms with Crippen LogP contribution in [0.2, 0.25) is 0 Å². The summed E-state index contributed by atoms with van der Waals surface area (Å²) in [5.74, 6) is 0.883. The predicted molar refractivity (Wildman–Crippen MR) is 92.8 cm³/mol. The number of carbonyl (C=O) groups excluding carboxylic acids is 1. The van der Waals surface area contributed by atoms with Crippen molar-refractivity contribution in [3.63, 3.8) is 0 Å². The monoisotopic (exact) mass is 339 g/mol. The molecule has 3 heterocycles. The lowest BCUT2D eigenvalue weighted by atomic mass is 9.82. The molecule has 1 fully saturated rings. The van der Waals surface area contributed by atoms with E-state index in [2.05, 4.69) is 6.92 Å². The summed E-state index contributed by atoms with van der Waals surface area (Å²) in [6.45, 7) is 6.21. The predicted octanol–water partition coefficient (Wildman–Crippen LogP) is 1.59. The molecule has 2 N–H and O–H groups in total. The molecule has 1 aromatic rings. The molecule has 128 valence electrons. The highest BCUT2D eigenvalue weighted by Crippen LogP contribution is 2.35. The lowest BCUT2D eigenvalue weighted by Crippen LogP contribution is -2.54. The SMILES string of the molecule is CCC(C)C(N)C(=O)N1CC2CC(C1)c1cccc(=O)n1C2.Cl. The molecule has 3 rings (SSSR count). The number of fused-ring (bicyclic) bond motifs is 4. The molecule has 0 radical (unpaired) electrons.